The lowest BCUT2D eigenvalue weighted by atomic mass is 10.0. The van der Waals surface area contributed by atoms with Crippen molar-refractivity contribution in [2.75, 3.05) is 30.5 Å². The Bertz CT molecular complexity index is 1260. The number of halogens is 2. The molecule has 0 aliphatic carbocycles. The minimum atomic E-state index is -0.548. The molecule has 3 aromatic heterocycles. The summed E-state index contributed by atoms with van der Waals surface area (Å²) in [4.78, 5) is 21.1. The molecule has 5 rings (SSSR count). The van der Waals surface area contributed by atoms with Crippen LogP contribution in [0.15, 0.2) is 24.8 Å². The van der Waals surface area contributed by atoms with Crippen molar-refractivity contribution < 1.29 is 13.9 Å². The van der Waals surface area contributed by atoms with Crippen LogP contribution in [0, 0.1) is 5.82 Å². The summed E-state index contributed by atoms with van der Waals surface area (Å²) in [6, 6.07) is 0.0529. The van der Waals surface area contributed by atoms with Gasteiger partial charge in [0.15, 0.2) is 17.3 Å². The largest absolute Gasteiger partial charge is 0.379 e. The summed E-state index contributed by atoms with van der Waals surface area (Å²) in [5, 5.41) is 10.1. The first-order valence-electron chi connectivity index (χ1n) is 9.28. The maximum atomic E-state index is 15.5. The Morgan fingerprint density at radius 2 is 2.30 bits per heavy atom. The molecule has 0 spiro atoms. The SMILES string of the molecule is CN(c1c(F)c(Cl)c(-c2cn3cc(NC=O)nc3cn2)c2cn[nH]c12)C1CCOC1. The minimum absolute atomic E-state index is 0.0390. The first-order valence-corrected chi connectivity index (χ1v) is 9.66. The Morgan fingerprint density at radius 1 is 1.43 bits per heavy atom. The third kappa shape index (κ3) is 2.87. The summed E-state index contributed by atoms with van der Waals surface area (Å²) in [7, 11) is 1.82. The Balaban J connectivity index is 1.68. The van der Waals surface area contributed by atoms with Gasteiger partial charge in [0, 0.05) is 30.8 Å². The molecule has 9 nitrogen and oxygen atoms in total. The van der Waals surface area contributed by atoms with E-state index in [1.807, 2.05) is 11.9 Å². The highest BCUT2D eigenvalue weighted by molar-refractivity contribution is 6.35. The van der Waals surface area contributed by atoms with E-state index < -0.39 is 5.82 Å². The summed E-state index contributed by atoms with van der Waals surface area (Å²) in [6.07, 6.45) is 7.80. The number of nitrogens with zero attached hydrogens (tertiary/aromatic N) is 5. The zero-order valence-corrected chi connectivity index (χ0v) is 16.6. The Morgan fingerprint density at radius 3 is 3.07 bits per heavy atom. The lowest BCUT2D eigenvalue weighted by Gasteiger charge is -2.27. The number of hydrogen-bond acceptors (Lipinski definition) is 6. The van der Waals surface area contributed by atoms with Gasteiger partial charge >= 0.3 is 0 Å². The fourth-order valence-corrected chi connectivity index (χ4v) is 4.14. The predicted molar refractivity (Wildman–Crippen MR) is 110 cm³/mol. The van der Waals surface area contributed by atoms with Crippen LogP contribution in [0.2, 0.25) is 5.02 Å². The summed E-state index contributed by atoms with van der Waals surface area (Å²) in [5.41, 5.74) is 2.30. The van der Waals surface area contributed by atoms with E-state index >= 15 is 4.39 Å². The molecule has 1 amide bonds. The summed E-state index contributed by atoms with van der Waals surface area (Å²) >= 11 is 6.53. The highest BCUT2D eigenvalue weighted by Gasteiger charge is 2.29. The number of carbonyl (C=O) groups excluding carboxylic acids is 1. The zero-order chi connectivity index (χ0) is 20.8. The lowest BCUT2D eigenvalue weighted by molar-refractivity contribution is -0.105. The molecule has 2 N–H and O–H groups in total. The molecule has 0 saturated carbocycles. The molecule has 1 saturated heterocycles. The second-order valence-corrected chi connectivity index (χ2v) is 7.44. The van der Waals surface area contributed by atoms with Crippen LogP contribution in [-0.4, -0.2) is 57.3 Å². The third-order valence-electron chi connectivity index (χ3n) is 5.38. The Labute approximate surface area is 174 Å². The average molecular weight is 430 g/mol. The smallest absolute Gasteiger partial charge is 0.212 e. The number of fused-ring (bicyclic) bond motifs is 2. The van der Waals surface area contributed by atoms with Crippen LogP contribution in [0.25, 0.3) is 27.8 Å². The molecule has 4 aromatic rings. The molecule has 1 atom stereocenters. The topological polar surface area (TPSA) is 100 Å². The number of carbonyl (C=O) groups is 1. The number of ether oxygens (including phenoxy) is 1. The first kappa shape index (κ1) is 18.8. The van der Waals surface area contributed by atoms with E-state index in [1.165, 1.54) is 6.20 Å². The number of imidazole rings is 1. The van der Waals surface area contributed by atoms with Gasteiger partial charge in [0.05, 0.1) is 47.5 Å². The van der Waals surface area contributed by atoms with Gasteiger partial charge in [-0.2, -0.15) is 5.10 Å². The molecule has 0 radical (unpaired) electrons. The van der Waals surface area contributed by atoms with Crippen molar-refractivity contribution in [3.05, 3.63) is 35.6 Å². The molecule has 1 aliphatic rings. The van der Waals surface area contributed by atoms with E-state index in [4.69, 9.17) is 16.3 Å². The fourth-order valence-electron chi connectivity index (χ4n) is 3.85. The normalized spacial score (nSPS) is 16.4. The van der Waals surface area contributed by atoms with E-state index in [2.05, 4.69) is 25.5 Å². The molecule has 1 aromatic carbocycles. The molecule has 4 heterocycles. The van der Waals surface area contributed by atoms with Gasteiger partial charge in [-0.3, -0.25) is 14.9 Å². The van der Waals surface area contributed by atoms with E-state index in [0.717, 1.165) is 6.42 Å². The average Bonchev–Trinajstić information content (AvgIpc) is 3.48. The van der Waals surface area contributed by atoms with Gasteiger partial charge in [0.1, 0.15) is 5.69 Å². The van der Waals surface area contributed by atoms with Gasteiger partial charge < -0.3 is 19.4 Å². The molecule has 154 valence electrons. The van der Waals surface area contributed by atoms with Crippen molar-refractivity contribution in [3.63, 3.8) is 0 Å². The van der Waals surface area contributed by atoms with E-state index in [9.17, 15) is 4.79 Å². The van der Waals surface area contributed by atoms with E-state index in [-0.39, 0.29) is 11.1 Å². The zero-order valence-electron chi connectivity index (χ0n) is 15.9. The molecule has 30 heavy (non-hydrogen) atoms. The molecular weight excluding hydrogens is 413 g/mol. The highest BCUT2D eigenvalue weighted by atomic mass is 35.5. The van der Waals surface area contributed by atoms with Crippen molar-refractivity contribution in [3.8, 4) is 11.3 Å². The van der Waals surface area contributed by atoms with Crippen LogP contribution in [0.5, 0.6) is 0 Å². The maximum Gasteiger partial charge on any atom is 0.212 e. The second-order valence-electron chi connectivity index (χ2n) is 7.06. The molecule has 11 heteroatoms. The number of likely N-dealkylation sites (N-methyl/N-ethyl adjacent to an activating group) is 1. The van der Waals surface area contributed by atoms with Crippen LogP contribution in [-0.2, 0) is 9.53 Å². The van der Waals surface area contributed by atoms with Crippen LogP contribution >= 0.6 is 11.6 Å². The van der Waals surface area contributed by atoms with Crippen LogP contribution in [0.1, 0.15) is 6.42 Å². The van der Waals surface area contributed by atoms with Gasteiger partial charge in [-0.15, -0.1) is 0 Å². The van der Waals surface area contributed by atoms with Crippen molar-refractivity contribution in [1.29, 1.82) is 0 Å². The van der Waals surface area contributed by atoms with Crippen molar-refractivity contribution in [2.24, 2.45) is 0 Å². The van der Waals surface area contributed by atoms with Gasteiger partial charge in [-0.05, 0) is 6.42 Å². The number of aromatic amines is 1. The number of anilines is 2. The minimum Gasteiger partial charge on any atom is -0.379 e. The van der Waals surface area contributed by atoms with Gasteiger partial charge in [-0.25, -0.2) is 9.37 Å². The highest BCUT2D eigenvalue weighted by Crippen LogP contribution is 2.42. The van der Waals surface area contributed by atoms with Crippen molar-refractivity contribution in [1.82, 2.24) is 24.6 Å². The number of rotatable bonds is 5. The first-order chi connectivity index (χ1) is 14.6. The van der Waals surface area contributed by atoms with Crippen molar-refractivity contribution in [2.45, 2.75) is 12.5 Å². The molecule has 0 bridgehead atoms. The van der Waals surface area contributed by atoms with Gasteiger partial charge in [-0.1, -0.05) is 11.6 Å². The molecular formula is C19H17ClFN7O2. The quantitative estimate of drug-likeness (QED) is 0.473. The van der Waals surface area contributed by atoms with Crippen molar-refractivity contribution >= 4 is 46.1 Å². The summed E-state index contributed by atoms with van der Waals surface area (Å²) in [5.74, 6) is -0.168. The Hall–Kier alpha value is -3.24. The fraction of sp³-hybridized carbons (Fsp3) is 0.263. The number of amides is 1. The molecule has 1 fully saturated rings. The number of hydrogen-bond donors (Lipinski definition) is 2. The van der Waals surface area contributed by atoms with Crippen LogP contribution in [0.4, 0.5) is 15.9 Å². The van der Waals surface area contributed by atoms with Crippen LogP contribution in [0.3, 0.4) is 0 Å². The van der Waals surface area contributed by atoms with E-state index in [1.54, 1.807) is 23.0 Å². The lowest BCUT2D eigenvalue weighted by Crippen LogP contribution is -2.32. The van der Waals surface area contributed by atoms with Gasteiger partial charge in [0.2, 0.25) is 6.41 Å². The number of benzene rings is 1. The Kier molecular flexibility index (Phi) is 4.52. The monoisotopic (exact) mass is 429 g/mol. The van der Waals surface area contributed by atoms with Crippen LogP contribution < -0.4 is 10.2 Å². The molecule has 1 unspecified atom stereocenters. The second kappa shape index (κ2) is 7.22. The number of H-pyrrole nitrogens is 1. The third-order valence-corrected chi connectivity index (χ3v) is 5.73. The number of nitrogens with one attached hydrogen (secondary N) is 2. The summed E-state index contributed by atoms with van der Waals surface area (Å²) in [6.45, 7) is 1.17. The summed E-state index contributed by atoms with van der Waals surface area (Å²) < 4.78 is 22.7. The maximum absolute atomic E-state index is 15.5. The van der Waals surface area contributed by atoms with E-state index in [0.29, 0.717) is 58.9 Å². The van der Waals surface area contributed by atoms with Gasteiger partial charge in [0.25, 0.3) is 0 Å². The predicted octanol–water partition coefficient (Wildman–Crippen LogP) is 2.86. The molecule has 1 aliphatic heterocycles. The standard InChI is InChI=1S/C19H17ClFN7O2/c1-27(10-2-3-30-8-10)19-17(21)16(20)15(11-4-24-26-18(11)19)12-6-28-7-13(23-9-29)25-14(28)5-22-12/h4-7,9-10H,2-3,8H2,1H3,(H,23,29)(H,24,26). The number of aromatic nitrogens is 5.